The third-order valence-electron chi connectivity index (χ3n) is 1.98. The highest BCUT2D eigenvalue weighted by Gasteiger charge is 2.32. The topological polar surface area (TPSA) is 60.8 Å². The Morgan fingerprint density at radius 1 is 1.25 bits per heavy atom. The number of hydrogen-bond donors (Lipinski definition) is 2. The van der Waals surface area contributed by atoms with Crippen LogP contribution in [0.25, 0.3) is 0 Å². The van der Waals surface area contributed by atoms with Gasteiger partial charge in [0, 0.05) is 19.0 Å². The first-order valence-corrected chi connectivity index (χ1v) is 4.30. The van der Waals surface area contributed by atoms with Crippen LogP contribution in [0.1, 0.15) is 12.8 Å². The highest BCUT2D eigenvalue weighted by atomic mass is 16.3. The van der Waals surface area contributed by atoms with E-state index < -0.39 is 0 Å². The Balaban J connectivity index is 2.33. The highest BCUT2D eigenvalue weighted by molar-refractivity contribution is 5.81. The predicted molar refractivity (Wildman–Crippen MR) is 43.5 cm³/mol. The van der Waals surface area contributed by atoms with E-state index in [0.717, 1.165) is 12.8 Å². The average molecular weight is 173 g/mol. The van der Waals surface area contributed by atoms with Crippen molar-refractivity contribution in [2.75, 3.05) is 26.3 Å². The van der Waals surface area contributed by atoms with Crippen molar-refractivity contribution in [3.63, 3.8) is 0 Å². The molecule has 0 unspecified atom stereocenters. The highest BCUT2D eigenvalue weighted by Crippen LogP contribution is 2.30. The molecule has 0 saturated heterocycles. The Morgan fingerprint density at radius 3 is 2.08 bits per heavy atom. The lowest BCUT2D eigenvalue weighted by atomic mass is 10.3. The summed E-state index contributed by atoms with van der Waals surface area (Å²) in [5.74, 6) is 0.251. The SMILES string of the molecule is O=C(C1CC1)N(CCO)CCO. The zero-order valence-electron chi connectivity index (χ0n) is 7.07. The predicted octanol–water partition coefficient (Wildman–Crippen LogP) is -0.790. The minimum absolute atomic E-state index is 0.0293. The fourth-order valence-corrected chi connectivity index (χ4v) is 1.16. The van der Waals surface area contributed by atoms with E-state index in [9.17, 15) is 4.79 Å². The molecule has 70 valence electrons. The minimum Gasteiger partial charge on any atom is -0.395 e. The van der Waals surface area contributed by atoms with Gasteiger partial charge in [0.15, 0.2) is 0 Å². The first-order valence-electron chi connectivity index (χ1n) is 4.30. The van der Waals surface area contributed by atoms with Crippen molar-refractivity contribution >= 4 is 5.91 Å². The monoisotopic (exact) mass is 173 g/mol. The van der Waals surface area contributed by atoms with Crippen molar-refractivity contribution in [3.8, 4) is 0 Å². The molecule has 0 aromatic carbocycles. The summed E-state index contributed by atoms with van der Waals surface area (Å²) < 4.78 is 0. The van der Waals surface area contributed by atoms with Gasteiger partial charge in [-0.2, -0.15) is 0 Å². The molecule has 1 rings (SSSR count). The number of hydrogen-bond acceptors (Lipinski definition) is 3. The van der Waals surface area contributed by atoms with E-state index in [2.05, 4.69) is 0 Å². The van der Waals surface area contributed by atoms with Crippen LogP contribution in [-0.2, 0) is 4.79 Å². The summed E-state index contributed by atoms with van der Waals surface area (Å²) in [4.78, 5) is 12.9. The van der Waals surface area contributed by atoms with Gasteiger partial charge >= 0.3 is 0 Å². The summed E-state index contributed by atoms with van der Waals surface area (Å²) in [5.41, 5.74) is 0. The van der Waals surface area contributed by atoms with Crippen molar-refractivity contribution < 1.29 is 15.0 Å². The maximum Gasteiger partial charge on any atom is 0.225 e. The van der Waals surface area contributed by atoms with E-state index >= 15 is 0 Å². The molecule has 0 aromatic rings. The second-order valence-corrected chi connectivity index (χ2v) is 3.05. The molecule has 4 heteroatoms. The summed E-state index contributed by atoms with van der Waals surface area (Å²) in [6.45, 7) is 0.628. The smallest absolute Gasteiger partial charge is 0.225 e. The van der Waals surface area contributed by atoms with Crippen LogP contribution >= 0.6 is 0 Å². The first-order chi connectivity index (χ1) is 5.79. The van der Waals surface area contributed by atoms with Crippen LogP contribution in [0.15, 0.2) is 0 Å². The maximum absolute atomic E-state index is 11.4. The van der Waals surface area contributed by atoms with E-state index in [4.69, 9.17) is 10.2 Å². The zero-order valence-corrected chi connectivity index (χ0v) is 7.07. The number of carbonyl (C=O) groups is 1. The molecule has 1 fully saturated rings. The van der Waals surface area contributed by atoms with Crippen LogP contribution in [0.4, 0.5) is 0 Å². The number of aliphatic hydroxyl groups is 2. The molecule has 0 atom stereocenters. The lowest BCUT2D eigenvalue weighted by molar-refractivity contribution is -0.133. The average Bonchev–Trinajstić information content (AvgIpc) is 2.85. The maximum atomic E-state index is 11.4. The van der Waals surface area contributed by atoms with E-state index in [-0.39, 0.29) is 25.0 Å². The normalized spacial score (nSPS) is 16.2. The van der Waals surface area contributed by atoms with Crippen LogP contribution < -0.4 is 0 Å². The summed E-state index contributed by atoms with van der Waals surface area (Å²) in [7, 11) is 0. The fraction of sp³-hybridized carbons (Fsp3) is 0.875. The quantitative estimate of drug-likeness (QED) is 0.572. The van der Waals surface area contributed by atoms with E-state index in [1.807, 2.05) is 0 Å². The Bertz CT molecular complexity index is 150. The Labute approximate surface area is 71.8 Å². The lowest BCUT2D eigenvalue weighted by Gasteiger charge is -2.20. The van der Waals surface area contributed by atoms with Gasteiger partial charge < -0.3 is 15.1 Å². The van der Waals surface area contributed by atoms with E-state index in [1.165, 1.54) is 4.90 Å². The van der Waals surface area contributed by atoms with Gasteiger partial charge in [-0.15, -0.1) is 0 Å². The van der Waals surface area contributed by atoms with Crippen LogP contribution in [0.5, 0.6) is 0 Å². The van der Waals surface area contributed by atoms with Crippen molar-refractivity contribution in [1.82, 2.24) is 4.90 Å². The molecule has 0 aliphatic heterocycles. The van der Waals surface area contributed by atoms with E-state index in [1.54, 1.807) is 0 Å². The van der Waals surface area contributed by atoms with Crippen molar-refractivity contribution in [2.24, 2.45) is 5.92 Å². The summed E-state index contributed by atoms with van der Waals surface area (Å²) in [5, 5.41) is 17.3. The minimum atomic E-state index is -0.0293. The number of carbonyl (C=O) groups excluding carboxylic acids is 1. The van der Waals surface area contributed by atoms with Gasteiger partial charge in [0.25, 0.3) is 0 Å². The lowest BCUT2D eigenvalue weighted by Crippen LogP contribution is -2.36. The van der Waals surface area contributed by atoms with Gasteiger partial charge in [-0.25, -0.2) is 0 Å². The molecule has 0 heterocycles. The molecule has 0 aromatic heterocycles. The van der Waals surface area contributed by atoms with Crippen molar-refractivity contribution in [1.29, 1.82) is 0 Å². The summed E-state index contributed by atoms with van der Waals surface area (Å²) in [6, 6.07) is 0. The third kappa shape index (κ3) is 2.46. The van der Waals surface area contributed by atoms with Gasteiger partial charge in [-0.1, -0.05) is 0 Å². The van der Waals surface area contributed by atoms with Crippen LogP contribution in [0.2, 0.25) is 0 Å². The van der Waals surface area contributed by atoms with Crippen LogP contribution in [0, 0.1) is 5.92 Å². The van der Waals surface area contributed by atoms with Gasteiger partial charge in [0.05, 0.1) is 13.2 Å². The number of rotatable bonds is 5. The molecule has 1 aliphatic carbocycles. The molecule has 0 spiro atoms. The van der Waals surface area contributed by atoms with Crippen LogP contribution in [0.3, 0.4) is 0 Å². The molecule has 0 bridgehead atoms. The molecule has 0 radical (unpaired) electrons. The molecule has 2 N–H and O–H groups in total. The molecule has 12 heavy (non-hydrogen) atoms. The largest absolute Gasteiger partial charge is 0.395 e. The fourth-order valence-electron chi connectivity index (χ4n) is 1.16. The third-order valence-corrected chi connectivity index (χ3v) is 1.98. The number of nitrogens with zero attached hydrogens (tertiary/aromatic N) is 1. The standard InChI is InChI=1S/C8H15NO3/c10-5-3-9(4-6-11)8(12)7-1-2-7/h7,10-11H,1-6H2. The Morgan fingerprint density at radius 2 is 1.75 bits per heavy atom. The summed E-state index contributed by atoms with van der Waals surface area (Å²) in [6.07, 6.45) is 1.93. The van der Waals surface area contributed by atoms with Gasteiger partial charge in [0.1, 0.15) is 0 Å². The summed E-state index contributed by atoms with van der Waals surface area (Å²) >= 11 is 0. The second kappa shape index (κ2) is 4.42. The van der Waals surface area contributed by atoms with Crippen molar-refractivity contribution in [2.45, 2.75) is 12.8 Å². The van der Waals surface area contributed by atoms with Crippen molar-refractivity contribution in [3.05, 3.63) is 0 Å². The van der Waals surface area contributed by atoms with E-state index in [0.29, 0.717) is 13.1 Å². The molecule has 1 amide bonds. The molecular formula is C8H15NO3. The molecule has 1 aliphatic rings. The zero-order chi connectivity index (χ0) is 8.97. The number of aliphatic hydroxyl groups excluding tert-OH is 2. The molecule has 1 saturated carbocycles. The molecule has 4 nitrogen and oxygen atoms in total. The second-order valence-electron chi connectivity index (χ2n) is 3.05. The van der Waals surface area contributed by atoms with Gasteiger partial charge in [-0.05, 0) is 12.8 Å². The Kier molecular flexibility index (Phi) is 3.49. The van der Waals surface area contributed by atoms with Gasteiger partial charge in [-0.3, -0.25) is 4.79 Å². The van der Waals surface area contributed by atoms with Crippen LogP contribution in [-0.4, -0.2) is 47.3 Å². The number of amides is 1. The Hall–Kier alpha value is -0.610. The van der Waals surface area contributed by atoms with Gasteiger partial charge in [0.2, 0.25) is 5.91 Å². The first kappa shape index (κ1) is 9.48. The molecular weight excluding hydrogens is 158 g/mol.